The smallest absolute Gasteiger partial charge is 0.144 e. The fourth-order valence-corrected chi connectivity index (χ4v) is 2.60. The van der Waals surface area contributed by atoms with Crippen molar-refractivity contribution in [3.8, 4) is 0 Å². The predicted molar refractivity (Wildman–Crippen MR) is 82.4 cm³/mol. The van der Waals surface area contributed by atoms with Crippen molar-refractivity contribution in [3.63, 3.8) is 0 Å². The Balaban J connectivity index is 2.37. The van der Waals surface area contributed by atoms with Gasteiger partial charge in [0.25, 0.3) is 0 Å². The zero-order valence-electron chi connectivity index (χ0n) is 11.9. The Morgan fingerprint density at radius 3 is 2.62 bits per heavy atom. The number of halogens is 3. The van der Waals surface area contributed by atoms with Gasteiger partial charge >= 0.3 is 0 Å². The minimum atomic E-state index is -0.587. The first-order chi connectivity index (χ1) is 10.0. The molecule has 0 aliphatic carbocycles. The van der Waals surface area contributed by atoms with E-state index in [1.807, 2.05) is 0 Å². The first kappa shape index (κ1) is 15.8. The van der Waals surface area contributed by atoms with Crippen LogP contribution in [0.2, 0.25) is 0 Å². The number of anilines is 1. The second-order valence-corrected chi connectivity index (χ2v) is 5.45. The molecule has 0 aliphatic rings. The lowest BCUT2D eigenvalue weighted by atomic mass is 10.1. The molecule has 2 rings (SSSR count). The van der Waals surface area contributed by atoms with Crippen LogP contribution in [-0.4, -0.2) is 17.0 Å². The third-order valence-electron chi connectivity index (χ3n) is 3.05. The monoisotopic (exact) mass is 355 g/mol. The van der Waals surface area contributed by atoms with Crippen LogP contribution in [0.25, 0.3) is 0 Å². The Kier molecular flexibility index (Phi) is 5.22. The lowest BCUT2D eigenvalue weighted by Gasteiger charge is -2.11. The van der Waals surface area contributed by atoms with Crippen LogP contribution in [-0.2, 0) is 12.8 Å². The van der Waals surface area contributed by atoms with Crippen molar-refractivity contribution >= 4 is 21.7 Å². The summed E-state index contributed by atoms with van der Waals surface area (Å²) in [5, 5.41) is 2.99. The van der Waals surface area contributed by atoms with Crippen LogP contribution in [0.1, 0.15) is 30.4 Å². The molecule has 1 heterocycles. The highest BCUT2D eigenvalue weighted by Gasteiger charge is 2.13. The zero-order valence-corrected chi connectivity index (χ0v) is 13.5. The van der Waals surface area contributed by atoms with Crippen molar-refractivity contribution in [3.05, 3.63) is 51.4 Å². The molecule has 2 aromatic rings. The summed E-state index contributed by atoms with van der Waals surface area (Å²) < 4.78 is 27.5. The molecule has 0 radical (unpaired) electrons. The van der Waals surface area contributed by atoms with Crippen LogP contribution >= 0.6 is 15.9 Å². The van der Waals surface area contributed by atoms with Gasteiger partial charge in [-0.3, -0.25) is 0 Å². The summed E-state index contributed by atoms with van der Waals surface area (Å²) in [4.78, 5) is 8.83. The van der Waals surface area contributed by atoms with E-state index in [9.17, 15) is 8.78 Å². The van der Waals surface area contributed by atoms with Crippen LogP contribution in [0.4, 0.5) is 14.6 Å². The summed E-state index contributed by atoms with van der Waals surface area (Å²) in [6.07, 6.45) is 1.98. The highest BCUT2D eigenvalue weighted by molar-refractivity contribution is 9.10. The summed E-state index contributed by atoms with van der Waals surface area (Å²) in [5.41, 5.74) is 1.26. The van der Waals surface area contributed by atoms with E-state index in [1.165, 1.54) is 12.1 Å². The molecule has 0 saturated heterocycles. The minimum absolute atomic E-state index is 0.227. The molecule has 0 saturated carbocycles. The maximum atomic E-state index is 13.7. The molecule has 1 aromatic heterocycles. The van der Waals surface area contributed by atoms with Crippen LogP contribution in [0.5, 0.6) is 0 Å². The Bertz CT molecular complexity index is 647. The fourth-order valence-electron chi connectivity index (χ4n) is 2.03. The largest absolute Gasteiger partial charge is 0.372 e. The number of aryl methyl sites for hydroxylation is 1. The standard InChI is InChI=1S/C15H16BrF2N3/c1-3-4-12-14(16)15(19-2)21-13(20-12)7-9-5-6-10(17)8-11(9)18/h5-6,8H,3-4,7H2,1-2H3,(H,19,20,21). The lowest BCUT2D eigenvalue weighted by molar-refractivity contribution is 0.573. The summed E-state index contributed by atoms with van der Waals surface area (Å²) in [7, 11) is 1.77. The van der Waals surface area contributed by atoms with Crippen molar-refractivity contribution < 1.29 is 8.78 Å². The van der Waals surface area contributed by atoms with Gasteiger partial charge in [0.2, 0.25) is 0 Å². The van der Waals surface area contributed by atoms with Gasteiger partial charge in [0.05, 0.1) is 10.2 Å². The van der Waals surface area contributed by atoms with Gasteiger partial charge in [-0.2, -0.15) is 0 Å². The maximum Gasteiger partial charge on any atom is 0.144 e. The average molecular weight is 356 g/mol. The Hall–Kier alpha value is -1.56. The van der Waals surface area contributed by atoms with Gasteiger partial charge in [-0.15, -0.1) is 0 Å². The minimum Gasteiger partial charge on any atom is -0.372 e. The molecular formula is C15H16BrF2N3. The first-order valence-electron chi connectivity index (χ1n) is 6.72. The van der Waals surface area contributed by atoms with E-state index < -0.39 is 11.6 Å². The lowest BCUT2D eigenvalue weighted by Crippen LogP contribution is -2.07. The fraction of sp³-hybridized carbons (Fsp3) is 0.333. The highest BCUT2D eigenvalue weighted by atomic mass is 79.9. The number of nitrogens with zero attached hydrogens (tertiary/aromatic N) is 2. The summed E-state index contributed by atoms with van der Waals surface area (Å²) in [5.74, 6) is 0.0163. The number of benzene rings is 1. The number of rotatable bonds is 5. The van der Waals surface area contributed by atoms with Crippen LogP contribution in [0.15, 0.2) is 22.7 Å². The Labute approximate surface area is 131 Å². The van der Waals surface area contributed by atoms with E-state index in [0.29, 0.717) is 17.2 Å². The highest BCUT2D eigenvalue weighted by Crippen LogP contribution is 2.25. The van der Waals surface area contributed by atoms with Gasteiger partial charge in [0.1, 0.15) is 23.3 Å². The third kappa shape index (κ3) is 3.75. The van der Waals surface area contributed by atoms with E-state index in [4.69, 9.17) is 0 Å². The molecule has 1 N–H and O–H groups in total. The van der Waals surface area contributed by atoms with Crippen molar-refractivity contribution in [2.45, 2.75) is 26.2 Å². The van der Waals surface area contributed by atoms with E-state index in [2.05, 4.69) is 38.1 Å². The van der Waals surface area contributed by atoms with E-state index in [-0.39, 0.29) is 6.42 Å². The number of hydrogen-bond donors (Lipinski definition) is 1. The number of aromatic nitrogens is 2. The summed E-state index contributed by atoms with van der Waals surface area (Å²) in [6.45, 7) is 2.06. The molecular weight excluding hydrogens is 340 g/mol. The number of nitrogens with one attached hydrogen (secondary N) is 1. The second kappa shape index (κ2) is 6.93. The molecule has 1 aromatic carbocycles. The van der Waals surface area contributed by atoms with Crippen molar-refractivity contribution in [2.24, 2.45) is 0 Å². The van der Waals surface area contributed by atoms with Crippen molar-refractivity contribution in [2.75, 3.05) is 12.4 Å². The zero-order chi connectivity index (χ0) is 15.4. The summed E-state index contributed by atoms with van der Waals surface area (Å²) in [6, 6.07) is 3.54. The Morgan fingerprint density at radius 1 is 1.24 bits per heavy atom. The molecule has 6 heteroatoms. The second-order valence-electron chi connectivity index (χ2n) is 4.66. The van der Waals surface area contributed by atoms with Gasteiger partial charge in [0.15, 0.2) is 0 Å². The Morgan fingerprint density at radius 2 is 2.00 bits per heavy atom. The van der Waals surface area contributed by atoms with Crippen LogP contribution in [0, 0.1) is 11.6 Å². The van der Waals surface area contributed by atoms with Gasteiger partial charge in [-0.25, -0.2) is 18.7 Å². The van der Waals surface area contributed by atoms with Crippen molar-refractivity contribution in [1.82, 2.24) is 9.97 Å². The molecule has 0 spiro atoms. The molecule has 3 nitrogen and oxygen atoms in total. The maximum absolute atomic E-state index is 13.7. The number of hydrogen-bond acceptors (Lipinski definition) is 3. The molecule has 21 heavy (non-hydrogen) atoms. The SMILES string of the molecule is CCCc1nc(Cc2ccc(F)cc2F)nc(NC)c1Br. The molecule has 0 atom stereocenters. The molecule has 0 bridgehead atoms. The van der Waals surface area contributed by atoms with Crippen LogP contribution < -0.4 is 5.32 Å². The summed E-state index contributed by atoms with van der Waals surface area (Å²) >= 11 is 3.47. The van der Waals surface area contributed by atoms with Crippen LogP contribution in [0.3, 0.4) is 0 Å². The molecule has 0 fully saturated rings. The van der Waals surface area contributed by atoms with E-state index in [0.717, 1.165) is 29.1 Å². The molecule has 0 aliphatic heterocycles. The van der Waals surface area contributed by atoms with Gasteiger partial charge in [0, 0.05) is 19.5 Å². The average Bonchev–Trinajstić information content (AvgIpc) is 2.45. The topological polar surface area (TPSA) is 37.8 Å². The van der Waals surface area contributed by atoms with Gasteiger partial charge < -0.3 is 5.32 Å². The van der Waals surface area contributed by atoms with E-state index >= 15 is 0 Å². The van der Waals surface area contributed by atoms with Gasteiger partial charge in [-0.1, -0.05) is 19.4 Å². The molecule has 0 amide bonds. The normalized spacial score (nSPS) is 10.7. The molecule has 112 valence electrons. The van der Waals surface area contributed by atoms with Crippen molar-refractivity contribution in [1.29, 1.82) is 0 Å². The van der Waals surface area contributed by atoms with E-state index in [1.54, 1.807) is 7.05 Å². The molecule has 0 unspecified atom stereocenters. The third-order valence-corrected chi connectivity index (χ3v) is 3.89. The predicted octanol–water partition coefficient (Wildman–Crippen LogP) is 4.10. The van der Waals surface area contributed by atoms with Gasteiger partial charge in [-0.05, 0) is 34.0 Å². The first-order valence-corrected chi connectivity index (χ1v) is 7.51. The quantitative estimate of drug-likeness (QED) is 0.877.